The average molecular weight is 428 g/mol. The first-order chi connectivity index (χ1) is 15.5. The maximum atomic E-state index is 14.5. The number of imidazole rings is 1. The molecule has 3 aromatic carbocycles. The van der Waals surface area contributed by atoms with Gasteiger partial charge in [-0.1, -0.05) is 0 Å². The molecule has 0 fully saturated rings. The fourth-order valence-corrected chi connectivity index (χ4v) is 3.77. The minimum atomic E-state index is -0.552. The van der Waals surface area contributed by atoms with E-state index < -0.39 is 11.6 Å². The lowest BCUT2D eigenvalue weighted by atomic mass is 10.0. The van der Waals surface area contributed by atoms with Crippen LogP contribution in [0.4, 0.5) is 14.5 Å². The number of fused-ring (bicyclic) bond motifs is 1. The number of aromatic nitrogens is 3. The average Bonchev–Trinajstić information content (AvgIpc) is 3.44. The summed E-state index contributed by atoms with van der Waals surface area (Å²) in [7, 11) is 0. The number of nitrogens with zero attached hydrogens (tertiary/aromatic N) is 3. The van der Waals surface area contributed by atoms with Crippen LogP contribution in [0.1, 0.15) is 6.92 Å². The van der Waals surface area contributed by atoms with E-state index >= 15 is 0 Å². The number of nitrogens with one attached hydrogen (secondary N) is 1. The summed E-state index contributed by atoms with van der Waals surface area (Å²) in [6, 6.07) is 18.2. The summed E-state index contributed by atoms with van der Waals surface area (Å²) in [5.41, 5.74) is 4.27. The normalized spacial score (nSPS) is 11.1. The van der Waals surface area contributed by atoms with Gasteiger partial charge in [0.1, 0.15) is 18.0 Å². The maximum Gasteiger partial charge on any atom is 0.221 e. The van der Waals surface area contributed by atoms with Gasteiger partial charge in [-0.25, -0.2) is 13.8 Å². The molecule has 5 aromatic rings. The number of carbonyl (C=O) groups excluding carboxylic acids is 1. The second-order valence-electron chi connectivity index (χ2n) is 7.45. The molecule has 1 amide bonds. The van der Waals surface area contributed by atoms with Gasteiger partial charge in [0, 0.05) is 41.9 Å². The molecule has 0 atom stereocenters. The molecule has 1 N–H and O–H groups in total. The zero-order valence-electron chi connectivity index (χ0n) is 17.1. The number of carbonyl (C=O) groups is 1. The summed E-state index contributed by atoms with van der Waals surface area (Å²) in [5.74, 6) is -1.36. The molecular weight excluding hydrogens is 410 g/mol. The highest BCUT2D eigenvalue weighted by molar-refractivity contribution is 5.90. The lowest BCUT2D eigenvalue weighted by molar-refractivity contribution is -0.114. The number of benzene rings is 3. The van der Waals surface area contributed by atoms with E-state index in [-0.39, 0.29) is 11.5 Å². The number of anilines is 1. The lowest BCUT2D eigenvalue weighted by Crippen LogP contribution is -2.07. The maximum absolute atomic E-state index is 14.5. The van der Waals surface area contributed by atoms with Gasteiger partial charge < -0.3 is 9.88 Å². The summed E-state index contributed by atoms with van der Waals surface area (Å²) < 4.78 is 32.1. The molecule has 0 spiro atoms. The van der Waals surface area contributed by atoms with Gasteiger partial charge in [0.15, 0.2) is 0 Å². The molecule has 7 heteroatoms. The van der Waals surface area contributed by atoms with Gasteiger partial charge in [-0.2, -0.15) is 0 Å². The van der Waals surface area contributed by atoms with Crippen LogP contribution in [0.2, 0.25) is 0 Å². The Labute approximate surface area is 182 Å². The monoisotopic (exact) mass is 428 g/mol. The molecule has 32 heavy (non-hydrogen) atoms. The molecule has 0 aliphatic carbocycles. The van der Waals surface area contributed by atoms with Crippen LogP contribution in [-0.4, -0.2) is 20.0 Å². The first-order valence-electron chi connectivity index (χ1n) is 9.97. The van der Waals surface area contributed by atoms with Crippen molar-refractivity contribution in [2.75, 3.05) is 5.32 Å². The van der Waals surface area contributed by atoms with E-state index in [1.807, 2.05) is 51.9 Å². The van der Waals surface area contributed by atoms with Crippen molar-refractivity contribution in [3.8, 4) is 22.5 Å². The molecule has 0 aliphatic rings. The fourth-order valence-electron chi connectivity index (χ4n) is 3.77. The molecule has 0 aliphatic heterocycles. The van der Waals surface area contributed by atoms with Crippen LogP contribution < -0.4 is 5.32 Å². The molecule has 0 bridgehead atoms. The number of rotatable bonds is 4. The summed E-state index contributed by atoms with van der Waals surface area (Å²) in [5, 5.41) is 2.73. The molecule has 2 aromatic heterocycles. The van der Waals surface area contributed by atoms with Crippen LogP contribution in [0.5, 0.6) is 0 Å². The predicted octanol–water partition coefficient (Wildman–Crippen LogP) is 5.72. The van der Waals surface area contributed by atoms with E-state index in [1.54, 1.807) is 24.5 Å². The largest absolute Gasteiger partial charge is 0.326 e. The van der Waals surface area contributed by atoms with Gasteiger partial charge in [-0.15, -0.1) is 0 Å². The number of hydrogen-bond acceptors (Lipinski definition) is 2. The summed E-state index contributed by atoms with van der Waals surface area (Å²) in [6.07, 6.45) is 5.58. The number of halogens is 2. The number of hydrogen-bond donors (Lipinski definition) is 1. The van der Waals surface area contributed by atoms with Crippen molar-refractivity contribution in [2.24, 2.45) is 0 Å². The van der Waals surface area contributed by atoms with E-state index in [4.69, 9.17) is 0 Å². The second-order valence-corrected chi connectivity index (χ2v) is 7.45. The molecular formula is C25H18F2N4O. The Kier molecular flexibility index (Phi) is 4.78. The molecule has 0 unspecified atom stereocenters. The first-order valence-corrected chi connectivity index (χ1v) is 9.97. The fraction of sp³-hybridized carbons (Fsp3) is 0.0400. The van der Waals surface area contributed by atoms with Gasteiger partial charge in [-0.05, 0) is 72.3 Å². The van der Waals surface area contributed by atoms with Gasteiger partial charge >= 0.3 is 0 Å². The predicted molar refractivity (Wildman–Crippen MR) is 120 cm³/mol. The van der Waals surface area contributed by atoms with E-state index in [9.17, 15) is 13.6 Å². The highest BCUT2D eigenvalue weighted by Crippen LogP contribution is 2.31. The summed E-state index contributed by atoms with van der Waals surface area (Å²) >= 11 is 0. The SMILES string of the molecule is CC(=O)Nc1cc(-c2cc(F)ccc2F)cc(-n2cnc3cc(-n4cccc4)ccc32)c1. The molecule has 0 saturated heterocycles. The highest BCUT2D eigenvalue weighted by Gasteiger charge is 2.13. The van der Waals surface area contributed by atoms with Crippen molar-refractivity contribution in [1.82, 2.24) is 14.1 Å². The quantitative estimate of drug-likeness (QED) is 0.398. The van der Waals surface area contributed by atoms with Crippen LogP contribution in [0.15, 0.2) is 85.5 Å². The van der Waals surface area contributed by atoms with Crippen molar-refractivity contribution in [1.29, 1.82) is 0 Å². The Balaban J connectivity index is 1.66. The smallest absolute Gasteiger partial charge is 0.221 e. The standard InChI is InChI=1S/C25H18F2N4O/c1-16(32)29-19-10-17(22-12-18(26)4-6-23(22)27)11-21(13-19)31-15-28-24-14-20(5-7-25(24)31)30-8-2-3-9-30/h2-15H,1H3,(H,29,32). The Morgan fingerprint density at radius 2 is 1.75 bits per heavy atom. The van der Waals surface area contributed by atoms with Crippen LogP contribution in [0, 0.1) is 11.6 Å². The number of amides is 1. The van der Waals surface area contributed by atoms with Gasteiger partial charge in [-0.3, -0.25) is 9.36 Å². The first kappa shape index (κ1) is 19.7. The zero-order valence-corrected chi connectivity index (χ0v) is 17.1. The van der Waals surface area contributed by atoms with Gasteiger partial charge in [0.25, 0.3) is 0 Å². The molecule has 0 saturated carbocycles. The third-order valence-electron chi connectivity index (χ3n) is 5.19. The van der Waals surface area contributed by atoms with Crippen LogP contribution in [0.3, 0.4) is 0 Å². The molecule has 5 rings (SSSR count). The molecule has 0 radical (unpaired) electrons. The van der Waals surface area contributed by atoms with Crippen molar-refractivity contribution >= 4 is 22.6 Å². The van der Waals surface area contributed by atoms with Gasteiger partial charge in [0.05, 0.1) is 11.0 Å². The Bertz CT molecular complexity index is 1450. The summed E-state index contributed by atoms with van der Waals surface area (Å²) in [6.45, 7) is 1.39. The van der Waals surface area contributed by atoms with Crippen LogP contribution >= 0.6 is 0 Å². The Morgan fingerprint density at radius 3 is 2.53 bits per heavy atom. The highest BCUT2D eigenvalue weighted by atomic mass is 19.1. The van der Waals surface area contributed by atoms with E-state index in [0.29, 0.717) is 16.9 Å². The van der Waals surface area contributed by atoms with Crippen molar-refractivity contribution < 1.29 is 13.6 Å². The second kappa shape index (κ2) is 7.77. The molecule has 158 valence electrons. The van der Waals surface area contributed by atoms with Crippen LogP contribution in [-0.2, 0) is 4.79 Å². The van der Waals surface area contributed by atoms with Crippen molar-refractivity contribution in [2.45, 2.75) is 6.92 Å². The molecule has 5 nitrogen and oxygen atoms in total. The van der Waals surface area contributed by atoms with E-state index in [0.717, 1.165) is 34.9 Å². The topological polar surface area (TPSA) is 51.9 Å². The van der Waals surface area contributed by atoms with Crippen molar-refractivity contribution in [3.05, 3.63) is 97.1 Å². The minimum Gasteiger partial charge on any atom is -0.326 e. The van der Waals surface area contributed by atoms with Gasteiger partial charge in [0.2, 0.25) is 5.91 Å². The Morgan fingerprint density at radius 1 is 0.938 bits per heavy atom. The third-order valence-corrected chi connectivity index (χ3v) is 5.19. The molecule has 2 heterocycles. The van der Waals surface area contributed by atoms with Crippen LogP contribution in [0.25, 0.3) is 33.5 Å². The minimum absolute atomic E-state index is 0.109. The van der Waals surface area contributed by atoms with E-state index in [2.05, 4.69) is 10.3 Å². The zero-order chi connectivity index (χ0) is 22.2. The van der Waals surface area contributed by atoms with E-state index in [1.165, 1.54) is 6.92 Å². The lowest BCUT2D eigenvalue weighted by Gasteiger charge is -2.13. The Hall–Kier alpha value is -4.26. The van der Waals surface area contributed by atoms with Crippen molar-refractivity contribution in [3.63, 3.8) is 0 Å². The third kappa shape index (κ3) is 3.65. The summed E-state index contributed by atoms with van der Waals surface area (Å²) in [4.78, 5) is 16.2.